The van der Waals surface area contributed by atoms with Crippen LogP contribution < -0.4 is 25.6 Å². The van der Waals surface area contributed by atoms with Crippen molar-refractivity contribution in [3.63, 3.8) is 0 Å². The van der Waals surface area contributed by atoms with Gasteiger partial charge in [0.25, 0.3) is 11.8 Å². The molecule has 3 amide bonds. The summed E-state index contributed by atoms with van der Waals surface area (Å²) in [7, 11) is 1.59. The molecule has 0 spiro atoms. The van der Waals surface area contributed by atoms with E-state index in [-0.39, 0.29) is 49.1 Å². The van der Waals surface area contributed by atoms with Crippen molar-refractivity contribution in [1.82, 2.24) is 5.32 Å². The van der Waals surface area contributed by atoms with Crippen molar-refractivity contribution in [3.8, 4) is 5.75 Å². The van der Waals surface area contributed by atoms with Gasteiger partial charge in [0.05, 0.1) is 31.6 Å². The first-order valence-corrected chi connectivity index (χ1v) is 14.2. The summed E-state index contributed by atoms with van der Waals surface area (Å²) < 4.78 is 5.73. The second-order valence-corrected chi connectivity index (χ2v) is 10.9. The van der Waals surface area contributed by atoms with E-state index >= 15 is 0 Å². The van der Waals surface area contributed by atoms with Crippen LogP contribution in [0.5, 0.6) is 5.75 Å². The Kier molecular flexibility index (Phi) is 9.84. The fourth-order valence-electron chi connectivity index (χ4n) is 5.18. The van der Waals surface area contributed by atoms with Crippen LogP contribution in [-0.2, 0) is 16.1 Å². The molecule has 3 N–H and O–H groups in total. The van der Waals surface area contributed by atoms with Crippen LogP contribution in [0, 0.1) is 5.92 Å². The van der Waals surface area contributed by atoms with E-state index in [4.69, 9.17) is 22.1 Å². The van der Waals surface area contributed by atoms with Crippen molar-refractivity contribution in [2.24, 2.45) is 5.92 Å². The van der Waals surface area contributed by atoms with E-state index in [2.05, 4.69) is 5.32 Å². The fraction of sp³-hybridized carbons (Fsp3) is 0.242. The third kappa shape index (κ3) is 6.40. The van der Waals surface area contributed by atoms with Gasteiger partial charge in [-0.25, -0.2) is 0 Å². The molecule has 0 fully saturated rings. The van der Waals surface area contributed by atoms with Crippen molar-refractivity contribution in [2.75, 3.05) is 29.2 Å². The molecule has 2 atom stereocenters. The topological polar surface area (TPSA) is 105 Å². The number of nitrogens with zero attached hydrogens (tertiary/aromatic N) is 2. The first-order chi connectivity index (χ1) is 20.2. The number of nitrogen functional groups attached to an aromatic ring is 1. The zero-order valence-electron chi connectivity index (χ0n) is 24.2. The first-order valence-electron chi connectivity index (χ1n) is 13.8. The predicted molar refractivity (Wildman–Crippen MR) is 174 cm³/mol. The van der Waals surface area contributed by atoms with Gasteiger partial charge in [-0.3, -0.25) is 14.4 Å². The number of nitrogens with one attached hydrogen (secondary N) is 1. The second kappa shape index (κ2) is 13.4. The molecule has 10 heteroatoms. The minimum atomic E-state index is -1.02. The zero-order chi connectivity index (χ0) is 30.0. The third-order valence-corrected chi connectivity index (χ3v) is 8.00. The smallest absolute Gasteiger partial charge is 0.258 e. The number of nitrogens with two attached hydrogens (primary N) is 1. The maximum absolute atomic E-state index is 14.4. The normalized spacial score (nSPS) is 15.3. The highest BCUT2D eigenvalue weighted by Gasteiger charge is 2.38. The molecule has 1 aliphatic heterocycles. The van der Waals surface area contributed by atoms with Crippen molar-refractivity contribution in [3.05, 3.63) is 95.0 Å². The summed E-state index contributed by atoms with van der Waals surface area (Å²) in [6.07, 6.45) is 0.605. The lowest BCUT2D eigenvalue weighted by Gasteiger charge is -2.27. The minimum absolute atomic E-state index is 0. The van der Waals surface area contributed by atoms with Crippen molar-refractivity contribution in [2.45, 2.75) is 32.9 Å². The Balaban J connectivity index is 0.00000423. The van der Waals surface area contributed by atoms with Crippen LogP contribution in [0.3, 0.4) is 0 Å². The monoisotopic (exact) mass is 620 g/mol. The number of rotatable bonds is 7. The highest BCUT2D eigenvalue weighted by atomic mass is 35.5. The Morgan fingerprint density at radius 3 is 2.47 bits per heavy atom. The summed E-state index contributed by atoms with van der Waals surface area (Å²) in [4.78, 5) is 44.6. The Morgan fingerprint density at radius 1 is 1.05 bits per heavy atom. The molecule has 4 aromatic rings. The van der Waals surface area contributed by atoms with Gasteiger partial charge >= 0.3 is 0 Å². The molecule has 0 aliphatic carbocycles. The van der Waals surface area contributed by atoms with Gasteiger partial charge in [-0.05, 0) is 65.7 Å². The number of fused-ring (bicyclic) bond motifs is 2. The molecule has 4 aromatic carbocycles. The number of hydrogen-bond donors (Lipinski definition) is 2. The highest BCUT2D eigenvalue weighted by Crippen LogP contribution is 2.39. The quantitative estimate of drug-likeness (QED) is 0.238. The molecule has 0 aromatic heterocycles. The van der Waals surface area contributed by atoms with Gasteiger partial charge < -0.3 is 25.6 Å². The molecule has 0 radical (unpaired) electrons. The average molecular weight is 622 g/mol. The van der Waals surface area contributed by atoms with E-state index in [0.717, 1.165) is 16.3 Å². The van der Waals surface area contributed by atoms with Gasteiger partial charge in [0.2, 0.25) is 5.91 Å². The van der Waals surface area contributed by atoms with E-state index in [1.807, 2.05) is 43.3 Å². The van der Waals surface area contributed by atoms with Crippen LogP contribution in [0.2, 0.25) is 5.02 Å². The second-order valence-electron chi connectivity index (χ2n) is 10.4. The molecular formula is C33H34Cl2N4O4. The number of carbonyl (C=O) groups is 3. The van der Waals surface area contributed by atoms with Gasteiger partial charge in [-0.1, -0.05) is 55.8 Å². The Hall–Kier alpha value is -4.27. The van der Waals surface area contributed by atoms with Gasteiger partial charge in [0.15, 0.2) is 0 Å². The van der Waals surface area contributed by atoms with E-state index < -0.39 is 6.04 Å². The Bertz CT molecular complexity index is 1660. The van der Waals surface area contributed by atoms with Crippen LogP contribution in [0.25, 0.3) is 10.8 Å². The molecule has 1 aliphatic rings. The maximum atomic E-state index is 14.4. The molecule has 0 saturated heterocycles. The molecule has 0 unspecified atom stereocenters. The van der Waals surface area contributed by atoms with Crippen LogP contribution in [0.4, 0.5) is 17.1 Å². The lowest BCUT2D eigenvalue weighted by Crippen LogP contribution is -2.53. The van der Waals surface area contributed by atoms with Crippen molar-refractivity contribution < 1.29 is 19.1 Å². The number of carbonyl (C=O) groups excluding carboxylic acids is 3. The van der Waals surface area contributed by atoms with E-state index in [0.29, 0.717) is 39.8 Å². The average Bonchev–Trinajstić information content (AvgIpc) is 3.11. The van der Waals surface area contributed by atoms with E-state index in [9.17, 15) is 14.4 Å². The number of amides is 3. The number of halogens is 2. The molecule has 8 nitrogen and oxygen atoms in total. The number of benzene rings is 4. The summed E-state index contributed by atoms with van der Waals surface area (Å²) in [5.74, 6) is -0.652. The summed E-state index contributed by atoms with van der Waals surface area (Å²) in [6, 6.07) is 22.4. The van der Waals surface area contributed by atoms with E-state index in [1.54, 1.807) is 61.4 Å². The molecule has 1 heterocycles. The summed E-state index contributed by atoms with van der Waals surface area (Å²) in [5.41, 5.74) is 8.52. The molecule has 0 saturated carbocycles. The Labute approximate surface area is 262 Å². The number of hydrogen-bond acceptors (Lipinski definition) is 5. The van der Waals surface area contributed by atoms with Gasteiger partial charge in [0, 0.05) is 27.8 Å². The maximum Gasteiger partial charge on any atom is 0.258 e. The predicted octanol–water partition coefficient (Wildman–Crippen LogP) is 6.23. The number of anilines is 3. The van der Waals surface area contributed by atoms with Crippen molar-refractivity contribution in [1.29, 1.82) is 0 Å². The van der Waals surface area contributed by atoms with Gasteiger partial charge in [-0.15, -0.1) is 12.4 Å². The summed E-state index contributed by atoms with van der Waals surface area (Å²) in [5, 5.41) is 5.26. The zero-order valence-corrected chi connectivity index (χ0v) is 25.7. The molecule has 43 heavy (non-hydrogen) atoms. The fourth-order valence-corrected chi connectivity index (χ4v) is 5.35. The van der Waals surface area contributed by atoms with Crippen LogP contribution >= 0.6 is 24.0 Å². The number of methoxy groups -OCH3 is 1. The standard InChI is InChI=1S/C33H33ClN4O4.ClH/c1-4-20(2)31(39)36-27-19-38(32(40)22-9-13-24(35)14-10-22)29-17-23(34)12-15-28(29)37(33(27)41)18-26-25-8-6-5-7-21(25)11-16-30(26)42-3;/h5-17,20,27H,4,18-19,35H2,1-3H3,(H,36,39);1H/t20-,27+;/m1./s1. The van der Waals surface area contributed by atoms with Crippen LogP contribution in [0.15, 0.2) is 78.9 Å². The number of ether oxygens (including phenoxy) is 1. The Morgan fingerprint density at radius 2 is 1.77 bits per heavy atom. The lowest BCUT2D eigenvalue weighted by molar-refractivity contribution is -0.129. The van der Waals surface area contributed by atoms with Crippen molar-refractivity contribution >= 4 is 69.6 Å². The van der Waals surface area contributed by atoms with Gasteiger partial charge in [-0.2, -0.15) is 0 Å². The lowest BCUT2D eigenvalue weighted by atomic mass is 10.0. The third-order valence-electron chi connectivity index (χ3n) is 7.76. The molecular weight excluding hydrogens is 587 g/mol. The van der Waals surface area contributed by atoms with Crippen LogP contribution in [0.1, 0.15) is 36.2 Å². The molecule has 0 bridgehead atoms. The molecule has 224 valence electrons. The minimum Gasteiger partial charge on any atom is -0.496 e. The van der Waals surface area contributed by atoms with E-state index in [1.165, 1.54) is 4.90 Å². The summed E-state index contributed by atoms with van der Waals surface area (Å²) >= 11 is 6.47. The SMILES string of the molecule is CC[C@@H](C)C(=O)N[C@H]1CN(C(=O)c2ccc(N)cc2)c2cc(Cl)ccc2N(Cc2c(OC)ccc3ccccc23)C1=O.Cl. The van der Waals surface area contributed by atoms with Crippen LogP contribution in [-0.4, -0.2) is 37.4 Å². The van der Waals surface area contributed by atoms with Gasteiger partial charge in [0.1, 0.15) is 11.8 Å². The highest BCUT2D eigenvalue weighted by molar-refractivity contribution is 6.31. The largest absolute Gasteiger partial charge is 0.496 e. The first kappa shape index (κ1) is 31.7. The molecule has 5 rings (SSSR count). The summed E-state index contributed by atoms with van der Waals surface area (Å²) in [6.45, 7) is 3.77.